The molecule has 1 unspecified atom stereocenters. The summed E-state index contributed by atoms with van der Waals surface area (Å²) in [5.74, 6) is 1.30. The lowest BCUT2D eigenvalue weighted by molar-refractivity contribution is -0.138. The van der Waals surface area contributed by atoms with Gasteiger partial charge in [-0.05, 0) is 6.42 Å². The average molecular weight is 282 g/mol. The molecule has 3 N–H and O–H groups in total. The Bertz CT molecular complexity index is 266. The summed E-state index contributed by atoms with van der Waals surface area (Å²) in [5, 5.41) is 2.73. The Kier molecular flexibility index (Phi) is 8.37. The fraction of sp³-hybridized carbons (Fsp3) is 0.800. The minimum atomic E-state index is -0.310. The molecule has 0 saturated carbocycles. The van der Waals surface area contributed by atoms with E-state index < -0.39 is 0 Å². The molecule has 17 heavy (non-hydrogen) atoms. The first kappa shape index (κ1) is 16.5. The van der Waals surface area contributed by atoms with Crippen LogP contribution in [0.25, 0.3) is 0 Å². The quantitative estimate of drug-likeness (QED) is 0.754. The molecule has 2 amide bonds. The van der Waals surface area contributed by atoms with Crippen LogP contribution in [0.15, 0.2) is 0 Å². The molecule has 0 aromatic carbocycles. The second kappa shape index (κ2) is 8.60. The zero-order valence-electron chi connectivity index (χ0n) is 9.98. The minimum absolute atomic E-state index is 0. The number of hydrogen-bond donors (Lipinski definition) is 2. The van der Waals surface area contributed by atoms with E-state index in [1.165, 1.54) is 0 Å². The average Bonchev–Trinajstić information content (AvgIpc) is 2.75. The molecule has 7 heteroatoms. The van der Waals surface area contributed by atoms with Gasteiger partial charge in [-0.3, -0.25) is 9.59 Å². The van der Waals surface area contributed by atoms with Crippen molar-refractivity contribution in [1.29, 1.82) is 0 Å². The topological polar surface area (TPSA) is 75.4 Å². The summed E-state index contributed by atoms with van der Waals surface area (Å²) in [4.78, 5) is 25.2. The maximum Gasteiger partial charge on any atom is 0.243 e. The molecule has 5 nitrogen and oxygen atoms in total. The normalized spacial score (nSPS) is 18.7. The highest BCUT2D eigenvalue weighted by molar-refractivity contribution is 7.99. The van der Waals surface area contributed by atoms with Crippen molar-refractivity contribution in [3.63, 3.8) is 0 Å². The molecular formula is C10H20ClN3O2S. The van der Waals surface area contributed by atoms with Crippen molar-refractivity contribution in [1.82, 2.24) is 10.2 Å². The Morgan fingerprint density at radius 3 is 2.82 bits per heavy atom. The Balaban J connectivity index is 0.00000256. The molecule has 1 fully saturated rings. The molecular weight excluding hydrogens is 262 g/mol. The Morgan fingerprint density at radius 2 is 2.24 bits per heavy atom. The third-order valence-corrected chi connectivity index (χ3v) is 3.42. The molecule has 1 atom stereocenters. The Labute approximate surface area is 112 Å². The number of hydrogen-bond acceptors (Lipinski definition) is 4. The summed E-state index contributed by atoms with van der Waals surface area (Å²) in [6, 6.07) is -0.310. The SMILES string of the molecule is CCCC(=O)N1CSCC1C(=O)NCCN.Cl. The van der Waals surface area contributed by atoms with Gasteiger partial charge in [0.05, 0.1) is 5.88 Å². The van der Waals surface area contributed by atoms with Crippen LogP contribution in [0, 0.1) is 0 Å². The molecule has 1 aliphatic heterocycles. The van der Waals surface area contributed by atoms with E-state index in [-0.39, 0.29) is 30.3 Å². The zero-order chi connectivity index (χ0) is 12.0. The first-order valence-corrected chi connectivity index (χ1v) is 6.71. The van der Waals surface area contributed by atoms with E-state index in [9.17, 15) is 9.59 Å². The van der Waals surface area contributed by atoms with E-state index >= 15 is 0 Å². The summed E-state index contributed by atoms with van der Waals surface area (Å²) in [5.41, 5.74) is 5.32. The highest BCUT2D eigenvalue weighted by Crippen LogP contribution is 2.22. The van der Waals surface area contributed by atoms with E-state index in [1.54, 1.807) is 16.7 Å². The molecule has 100 valence electrons. The fourth-order valence-electron chi connectivity index (χ4n) is 1.58. The summed E-state index contributed by atoms with van der Waals surface area (Å²) >= 11 is 1.62. The number of halogens is 1. The summed E-state index contributed by atoms with van der Waals surface area (Å²) in [6.45, 7) is 2.86. The lowest BCUT2D eigenvalue weighted by atomic mass is 10.2. The minimum Gasteiger partial charge on any atom is -0.353 e. The number of carbonyl (C=O) groups excluding carboxylic acids is 2. The molecule has 1 saturated heterocycles. The summed E-state index contributed by atoms with van der Waals surface area (Å²) in [6.07, 6.45) is 1.33. The van der Waals surface area contributed by atoms with Gasteiger partial charge in [0.25, 0.3) is 0 Å². The maximum atomic E-state index is 11.7. The molecule has 0 radical (unpaired) electrons. The lowest BCUT2D eigenvalue weighted by Crippen LogP contribution is -2.48. The summed E-state index contributed by atoms with van der Waals surface area (Å²) in [7, 11) is 0. The van der Waals surface area contributed by atoms with Crippen LogP contribution in [0.3, 0.4) is 0 Å². The number of carbonyl (C=O) groups is 2. The van der Waals surface area contributed by atoms with Gasteiger partial charge >= 0.3 is 0 Å². The van der Waals surface area contributed by atoms with E-state index in [2.05, 4.69) is 5.32 Å². The van der Waals surface area contributed by atoms with Crippen LogP contribution < -0.4 is 11.1 Å². The number of rotatable bonds is 5. The second-order valence-corrected chi connectivity index (χ2v) is 4.71. The largest absolute Gasteiger partial charge is 0.353 e. The van der Waals surface area contributed by atoms with Gasteiger partial charge in [0.2, 0.25) is 11.8 Å². The van der Waals surface area contributed by atoms with Crippen molar-refractivity contribution in [2.45, 2.75) is 25.8 Å². The number of thioether (sulfide) groups is 1. The smallest absolute Gasteiger partial charge is 0.243 e. The first-order chi connectivity index (χ1) is 7.70. The van der Waals surface area contributed by atoms with Gasteiger partial charge in [-0.1, -0.05) is 6.92 Å². The van der Waals surface area contributed by atoms with Crippen LogP contribution in [0.5, 0.6) is 0 Å². The van der Waals surface area contributed by atoms with E-state index in [0.29, 0.717) is 31.1 Å². The fourth-order valence-corrected chi connectivity index (χ4v) is 2.76. The lowest BCUT2D eigenvalue weighted by Gasteiger charge is -2.22. The second-order valence-electron chi connectivity index (χ2n) is 3.71. The predicted molar refractivity (Wildman–Crippen MR) is 72.2 cm³/mol. The highest BCUT2D eigenvalue weighted by Gasteiger charge is 2.33. The molecule has 0 aromatic rings. The van der Waals surface area contributed by atoms with Gasteiger partial charge in [0.15, 0.2) is 0 Å². The van der Waals surface area contributed by atoms with Crippen LogP contribution in [-0.4, -0.2) is 47.5 Å². The third kappa shape index (κ3) is 4.73. The van der Waals surface area contributed by atoms with Gasteiger partial charge in [0, 0.05) is 25.3 Å². The van der Waals surface area contributed by atoms with Gasteiger partial charge in [-0.25, -0.2) is 0 Å². The molecule has 0 aliphatic carbocycles. The van der Waals surface area contributed by atoms with Crippen LogP contribution in [0.1, 0.15) is 19.8 Å². The van der Waals surface area contributed by atoms with Gasteiger partial charge < -0.3 is 16.0 Å². The van der Waals surface area contributed by atoms with E-state index in [0.717, 1.165) is 6.42 Å². The van der Waals surface area contributed by atoms with E-state index in [4.69, 9.17) is 5.73 Å². The van der Waals surface area contributed by atoms with Crippen LogP contribution >= 0.6 is 24.2 Å². The molecule has 0 bridgehead atoms. The van der Waals surface area contributed by atoms with Crippen molar-refractivity contribution >= 4 is 36.0 Å². The van der Waals surface area contributed by atoms with Crippen molar-refractivity contribution in [2.75, 3.05) is 24.7 Å². The van der Waals surface area contributed by atoms with Crippen LogP contribution in [0.2, 0.25) is 0 Å². The Morgan fingerprint density at radius 1 is 1.53 bits per heavy atom. The van der Waals surface area contributed by atoms with Gasteiger partial charge in [-0.2, -0.15) is 0 Å². The number of amides is 2. The van der Waals surface area contributed by atoms with Crippen molar-refractivity contribution < 1.29 is 9.59 Å². The van der Waals surface area contributed by atoms with E-state index in [1.807, 2.05) is 6.92 Å². The van der Waals surface area contributed by atoms with Crippen molar-refractivity contribution in [2.24, 2.45) is 5.73 Å². The highest BCUT2D eigenvalue weighted by atomic mass is 35.5. The number of nitrogens with zero attached hydrogens (tertiary/aromatic N) is 1. The molecule has 1 aliphatic rings. The standard InChI is InChI=1S/C10H19N3O2S.ClH/c1-2-3-9(14)13-7-16-6-8(13)10(15)12-5-4-11;/h8H,2-7,11H2,1H3,(H,12,15);1H. The van der Waals surface area contributed by atoms with Crippen molar-refractivity contribution in [3.05, 3.63) is 0 Å². The first-order valence-electron chi connectivity index (χ1n) is 5.55. The third-order valence-electron chi connectivity index (χ3n) is 2.41. The van der Waals surface area contributed by atoms with Gasteiger partial charge in [0.1, 0.15) is 6.04 Å². The van der Waals surface area contributed by atoms with Crippen LogP contribution in [-0.2, 0) is 9.59 Å². The predicted octanol–water partition coefficient (Wildman–Crippen LogP) is 0.185. The maximum absolute atomic E-state index is 11.7. The van der Waals surface area contributed by atoms with Gasteiger partial charge in [-0.15, -0.1) is 24.2 Å². The molecule has 1 heterocycles. The molecule has 0 spiro atoms. The number of nitrogens with one attached hydrogen (secondary N) is 1. The number of nitrogens with two attached hydrogens (primary N) is 1. The Hall–Kier alpha value is -0.460. The monoisotopic (exact) mass is 281 g/mol. The zero-order valence-corrected chi connectivity index (χ0v) is 11.6. The van der Waals surface area contributed by atoms with Crippen molar-refractivity contribution in [3.8, 4) is 0 Å². The summed E-state index contributed by atoms with van der Waals surface area (Å²) < 4.78 is 0. The van der Waals surface area contributed by atoms with Crippen LogP contribution in [0.4, 0.5) is 0 Å². The molecule has 0 aromatic heterocycles. The molecule has 1 rings (SSSR count).